The normalized spacial score (nSPS) is 14.7. The topological polar surface area (TPSA) is 96.4 Å². The molecule has 27 heavy (non-hydrogen) atoms. The Hall–Kier alpha value is -3.52. The van der Waals surface area contributed by atoms with Crippen molar-refractivity contribution in [3.8, 4) is 0 Å². The summed E-state index contributed by atoms with van der Waals surface area (Å²) < 4.78 is 26.5. The monoisotopic (exact) mass is 379 g/mol. The van der Waals surface area contributed by atoms with Crippen molar-refractivity contribution in [2.75, 3.05) is 9.62 Å². The molecule has 0 bridgehead atoms. The van der Waals surface area contributed by atoms with Crippen molar-refractivity contribution in [1.29, 1.82) is 0 Å². The molecule has 7 nitrogen and oxygen atoms in total. The first-order valence-corrected chi connectivity index (χ1v) is 9.43. The maximum atomic E-state index is 12.9. The summed E-state index contributed by atoms with van der Waals surface area (Å²) in [6.07, 6.45) is 1.53. The Bertz CT molecular complexity index is 1150. The number of sulfonamides is 1. The summed E-state index contributed by atoms with van der Waals surface area (Å²) >= 11 is 0. The lowest BCUT2D eigenvalue weighted by Gasteiger charge is -2.14. The lowest BCUT2D eigenvalue weighted by Crippen LogP contribution is -2.29. The molecule has 2 amide bonds. The number of benzene rings is 2. The minimum Gasteiger partial charge on any atom is -0.307 e. The highest BCUT2D eigenvalue weighted by atomic mass is 32.2. The van der Waals surface area contributed by atoms with Gasteiger partial charge in [0.15, 0.2) is 0 Å². The fourth-order valence-corrected chi connectivity index (χ4v) is 4.44. The standard InChI is InChI=1S/C19H13N3O4S/c23-18(21-17-8-4-5-11-20-17)13-9-10-15-16(12-13)27(25,26)22(19(15)24)14-6-2-1-3-7-14/h1-12H,(H,20,21,23). The molecule has 1 aliphatic rings. The number of carbonyl (C=O) groups excluding carboxylic acids is 2. The smallest absolute Gasteiger partial charge is 0.273 e. The molecule has 1 aromatic heterocycles. The number of rotatable bonds is 3. The van der Waals surface area contributed by atoms with Crippen molar-refractivity contribution in [1.82, 2.24) is 4.98 Å². The van der Waals surface area contributed by atoms with Gasteiger partial charge >= 0.3 is 0 Å². The fourth-order valence-electron chi connectivity index (χ4n) is 2.82. The third-order valence-electron chi connectivity index (χ3n) is 4.07. The van der Waals surface area contributed by atoms with Gasteiger partial charge in [0.2, 0.25) is 0 Å². The molecule has 1 aliphatic heterocycles. The van der Waals surface area contributed by atoms with E-state index in [0.29, 0.717) is 5.82 Å². The van der Waals surface area contributed by atoms with E-state index in [1.807, 2.05) is 0 Å². The molecule has 0 unspecified atom stereocenters. The molecule has 2 aromatic carbocycles. The molecule has 2 heterocycles. The van der Waals surface area contributed by atoms with Gasteiger partial charge in [-0.3, -0.25) is 9.59 Å². The van der Waals surface area contributed by atoms with Gasteiger partial charge in [-0.1, -0.05) is 24.3 Å². The van der Waals surface area contributed by atoms with Gasteiger partial charge in [0.1, 0.15) is 10.7 Å². The van der Waals surface area contributed by atoms with Crippen molar-refractivity contribution in [2.45, 2.75) is 4.90 Å². The summed E-state index contributed by atoms with van der Waals surface area (Å²) in [5.74, 6) is -0.821. The molecule has 1 N–H and O–H groups in total. The quantitative estimate of drug-likeness (QED) is 0.755. The first-order chi connectivity index (χ1) is 13.0. The summed E-state index contributed by atoms with van der Waals surface area (Å²) in [6.45, 7) is 0. The van der Waals surface area contributed by atoms with Gasteiger partial charge in [0, 0.05) is 11.8 Å². The zero-order valence-corrected chi connectivity index (χ0v) is 14.7. The number of para-hydroxylation sites is 1. The predicted octanol–water partition coefficient (Wildman–Crippen LogP) is 2.68. The Morgan fingerprint density at radius 1 is 0.963 bits per heavy atom. The third-order valence-corrected chi connectivity index (χ3v) is 5.83. The van der Waals surface area contributed by atoms with Crippen LogP contribution in [0.5, 0.6) is 0 Å². The lowest BCUT2D eigenvalue weighted by molar-refractivity contribution is 0.100. The number of hydrogen-bond acceptors (Lipinski definition) is 5. The maximum absolute atomic E-state index is 12.9. The van der Waals surface area contributed by atoms with Crippen LogP contribution < -0.4 is 9.62 Å². The zero-order valence-electron chi connectivity index (χ0n) is 13.9. The van der Waals surface area contributed by atoms with Gasteiger partial charge in [-0.2, -0.15) is 4.31 Å². The van der Waals surface area contributed by atoms with Crippen LogP contribution in [0.15, 0.2) is 77.8 Å². The summed E-state index contributed by atoms with van der Waals surface area (Å²) in [5, 5.41) is 2.59. The van der Waals surface area contributed by atoms with E-state index in [0.717, 1.165) is 4.31 Å². The first-order valence-electron chi connectivity index (χ1n) is 7.99. The zero-order chi connectivity index (χ0) is 19.0. The number of nitrogens with zero attached hydrogens (tertiary/aromatic N) is 2. The van der Waals surface area contributed by atoms with E-state index in [4.69, 9.17) is 0 Å². The summed E-state index contributed by atoms with van der Waals surface area (Å²) in [5.41, 5.74) is 0.400. The number of nitrogens with one attached hydrogen (secondary N) is 1. The Morgan fingerprint density at radius 3 is 2.41 bits per heavy atom. The number of aromatic nitrogens is 1. The van der Waals surface area contributed by atoms with E-state index < -0.39 is 21.8 Å². The van der Waals surface area contributed by atoms with Crippen LogP contribution in [0.3, 0.4) is 0 Å². The van der Waals surface area contributed by atoms with Crippen LogP contribution in [0.2, 0.25) is 0 Å². The molecule has 4 rings (SSSR count). The second-order valence-electron chi connectivity index (χ2n) is 5.79. The molecule has 134 valence electrons. The molecule has 0 saturated carbocycles. The SMILES string of the molecule is O=C(Nc1ccccn1)c1ccc2c(c1)S(=O)(=O)N(c1ccccc1)C2=O. The van der Waals surface area contributed by atoms with Crippen molar-refractivity contribution in [2.24, 2.45) is 0 Å². The minimum atomic E-state index is -4.09. The second kappa shape index (κ2) is 6.33. The number of fused-ring (bicyclic) bond motifs is 1. The number of pyridine rings is 1. The average molecular weight is 379 g/mol. The van der Waals surface area contributed by atoms with Gasteiger partial charge in [0.05, 0.1) is 11.3 Å². The van der Waals surface area contributed by atoms with E-state index in [9.17, 15) is 18.0 Å². The van der Waals surface area contributed by atoms with Gasteiger partial charge < -0.3 is 5.32 Å². The fraction of sp³-hybridized carbons (Fsp3) is 0. The van der Waals surface area contributed by atoms with Gasteiger partial charge in [0.25, 0.3) is 21.8 Å². The summed E-state index contributed by atoms with van der Waals surface area (Å²) in [4.78, 5) is 28.8. The van der Waals surface area contributed by atoms with Crippen LogP contribution >= 0.6 is 0 Å². The van der Waals surface area contributed by atoms with Crippen molar-refractivity contribution >= 4 is 33.3 Å². The molecule has 0 radical (unpaired) electrons. The molecule has 0 aliphatic carbocycles. The van der Waals surface area contributed by atoms with Crippen LogP contribution in [-0.2, 0) is 10.0 Å². The largest absolute Gasteiger partial charge is 0.307 e. The molecule has 0 spiro atoms. The number of carbonyl (C=O) groups is 2. The highest BCUT2D eigenvalue weighted by Crippen LogP contribution is 2.35. The molecule has 0 saturated heterocycles. The Kier molecular flexibility index (Phi) is 3.97. The average Bonchev–Trinajstić information content (AvgIpc) is 2.88. The van der Waals surface area contributed by atoms with Crippen LogP contribution in [0, 0.1) is 0 Å². The minimum absolute atomic E-state index is 0.0354. The second-order valence-corrected chi connectivity index (χ2v) is 7.55. The van der Waals surface area contributed by atoms with Gasteiger partial charge in [-0.25, -0.2) is 13.4 Å². The van der Waals surface area contributed by atoms with Crippen LogP contribution in [0.4, 0.5) is 11.5 Å². The third kappa shape index (κ3) is 2.85. The van der Waals surface area contributed by atoms with E-state index in [1.54, 1.807) is 36.4 Å². The lowest BCUT2D eigenvalue weighted by atomic mass is 10.1. The van der Waals surface area contributed by atoms with Gasteiger partial charge in [-0.05, 0) is 42.5 Å². The Morgan fingerprint density at radius 2 is 1.70 bits per heavy atom. The van der Waals surface area contributed by atoms with Crippen molar-refractivity contribution in [3.05, 3.63) is 84.1 Å². The van der Waals surface area contributed by atoms with Crippen molar-refractivity contribution < 1.29 is 18.0 Å². The highest BCUT2D eigenvalue weighted by Gasteiger charge is 2.42. The van der Waals surface area contributed by atoms with Crippen LogP contribution in [-0.4, -0.2) is 25.2 Å². The summed E-state index contributed by atoms with van der Waals surface area (Å²) in [6, 6.07) is 17.1. The highest BCUT2D eigenvalue weighted by molar-refractivity contribution is 7.94. The van der Waals surface area contributed by atoms with E-state index in [1.165, 1.54) is 36.5 Å². The molecule has 3 aromatic rings. The molecular formula is C19H13N3O4S. The maximum Gasteiger partial charge on any atom is 0.273 e. The molecular weight excluding hydrogens is 366 g/mol. The predicted molar refractivity (Wildman–Crippen MR) is 99.1 cm³/mol. The Labute approximate surface area is 155 Å². The van der Waals surface area contributed by atoms with E-state index in [2.05, 4.69) is 10.3 Å². The number of anilines is 2. The molecule has 8 heteroatoms. The molecule has 0 fully saturated rings. The summed E-state index contributed by atoms with van der Waals surface area (Å²) in [7, 11) is -4.09. The number of amides is 2. The Balaban J connectivity index is 1.72. The van der Waals surface area contributed by atoms with E-state index in [-0.39, 0.29) is 21.7 Å². The van der Waals surface area contributed by atoms with Crippen LogP contribution in [0.1, 0.15) is 20.7 Å². The van der Waals surface area contributed by atoms with Crippen LogP contribution in [0.25, 0.3) is 0 Å². The van der Waals surface area contributed by atoms with E-state index >= 15 is 0 Å². The first kappa shape index (κ1) is 16.9. The van der Waals surface area contributed by atoms with Crippen molar-refractivity contribution in [3.63, 3.8) is 0 Å². The van der Waals surface area contributed by atoms with Gasteiger partial charge in [-0.15, -0.1) is 0 Å². The molecule has 0 atom stereocenters. The number of hydrogen-bond donors (Lipinski definition) is 1.